The van der Waals surface area contributed by atoms with E-state index in [0.717, 1.165) is 17.8 Å². The van der Waals surface area contributed by atoms with Crippen molar-refractivity contribution in [1.82, 2.24) is 15.3 Å². The maximum Gasteiger partial charge on any atom is 0.231 e. The third-order valence-electron chi connectivity index (χ3n) is 4.47. The lowest BCUT2D eigenvalue weighted by atomic mass is 9.88. The highest BCUT2D eigenvalue weighted by molar-refractivity contribution is 7.14. The van der Waals surface area contributed by atoms with E-state index in [4.69, 9.17) is 0 Å². The van der Waals surface area contributed by atoms with Crippen molar-refractivity contribution in [3.63, 3.8) is 0 Å². The lowest BCUT2D eigenvalue weighted by Gasteiger charge is -2.17. The average Bonchev–Trinajstić information content (AvgIpc) is 3.33. The summed E-state index contributed by atoms with van der Waals surface area (Å²) in [5, 5.41) is 8.88. The predicted molar refractivity (Wildman–Crippen MR) is 99.5 cm³/mol. The molecule has 2 N–H and O–H groups in total. The Balaban J connectivity index is 1.48. The number of pyridine rings is 1. The molecule has 3 heterocycles. The van der Waals surface area contributed by atoms with Gasteiger partial charge in [-0.3, -0.25) is 9.78 Å². The van der Waals surface area contributed by atoms with Gasteiger partial charge in [0.05, 0.1) is 11.6 Å². The first kappa shape index (κ1) is 15.9. The van der Waals surface area contributed by atoms with E-state index in [0.29, 0.717) is 11.7 Å². The molecule has 1 saturated heterocycles. The number of nitrogens with one attached hydrogen (secondary N) is 2. The molecule has 0 spiro atoms. The molecule has 3 aromatic rings. The molecule has 1 fully saturated rings. The van der Waals surface area contributed by atoms with Crippen LogP contribution in [-0.4, -0.2) is 29.0 Å². The van der Waals surface area contributed by atoms with Crippen LogP contribution in [0.25, 0.3) is 11.3 Å². The first-order valence-corrected chi connectivity index (χ1v) is 9.11. The van der Waals surface area contributed by atoms with Gasteiger partial charge in [0, 0.05) is 42.3 Å². The van der Waals surface area contributed by atoms with Crippen molar-refractivity contribution in [2.75, 3.05) is 18.4 Å². The van der Waals surface area contributed by atoms with Crippen molar-refractivity contribution in [3.8, 4) is 11.3 Å². The highest BCUT2D eigenvalue weighted by atomic mass is 32.1. The fraction of sp³-hybridized carbons (Fsp3) is 0.211. The third-order valence-corrected chi connectivity index (χ3v) is 5.23. The summed E-state index contributed by atoms with van der Waals surface area (Å²) in [6, 6.07) is 14.0. The number of benzene rings is 1. The van der Waals surface area contributed by atoms with Crippen LogP contribution in [0.3, 0.4) is 0 Å². The van der Waals surface area contributed by atoms with Gasteiger partial charge in [-0.05, 0) is 17.7 Å². The second kappa shape index (κ2) is 7.13. The molecule has 2 aromatic heterocycles. The first-order valence-electron chi connectivity index (χ1n) is 8.24. The van der Waals surface area contributed by atoms with Crippen LogP contribution in [0.4, 0.5) is 5.13 Å². The Morgan fingerprint density at radius 3 is 2.84 bits per heavy atom. The number of carbonyl (C=O) groups excluding carboxylic acids is 1. The number of carbonyl (C=O) groups is 1. The van der Waals surface area contributed by atoms with Crippen LogP contribution in [-0.2, 0) is 4.79 Å². The monoisotopic (exact) mass is 350 g/mol. The maximum atomic E-state index is 12.7. The van der Waals surface area contributed by atoms with E-state index in [-0.39, 0.29) is 17.7 Å². The number of hydrogen-bond donors (Lipinski definition) is 2. The van der Waals surface area contributed by atoms with Crippen LogP contribution < -0.4 is 10.6 Å². The van der Waals surface area contributed by atoms with Gasteiger partial charge >= 0.3 is 0 Å². The minimum atomic E-state index is -0.0897. The Labute approximate surface area is 150 Å². The van der Waals surface area contributed by atoms with Crippen LogP contribution >= 0.6 is 11.3 Å². The van der Waals surface area contributed by atoms with E-state index in [1.165, 1.54) is 16.9 Å². The Kier molecular flexibility index (Phi) is 4.54. The largest absolute Gasteiger partial charge is 0.315 e. The van der Waals surface area contributed by atoms with Crippen molar-refractivity contribution >= 4 is 22.4 Å². The summed E-state index contributed by atoms with van der Waals surface area (Å²) in [5.41, 5.74) is 2.98. The van der Waals surface area contributed by atoms with Crippen molar-refractivity contribution in [3.05, 3.63) is 65.8 Å². The summed E-state index contributed by atoms with van der Waals surface area (Å²) in [4.78, 5) is 21.4. The minimum absolute atomic E-state index is 0.0194. The number of aromatic nitrogens is 2. The molecule has 1 amide bonds. The normalized spacial score (nSPS) is 19.7. The predicted octanol–water partition coefficient (Wildman–Crippen LogP) is 3.15. The zero-order chi connectivity index (χ0) is 17.1. The number of rotatable bonds is 4. The summed E-state index contributed by atoms with van der Waals surface area (Å²) in [5.74, 6) is 0.123. The molecule has 0 saturated carbocycles. The maximum absolute atomic E-state index is 12.7. The number of thiazole rings is 1. The summed E-state index contributed by atoms with van der Waals surface area (Å²) in [6.07, 6.45) is 3.50. The molecule has 1 aliphatic rings. The Bertz CT molecular complexity index is 850. The molecular weight excluding hydrogens is 332 g/mol. The zero-order valence-corrected chi connectivity index (χ0v) is 14.4. The smallest absolute Gasteiger partial charge is 0.231 e. The van der Waals surface area contributed by atoms with Crippen LogP contribution in [0.2, 0.25) is 0 Å². The van der Waals surface area contributed by atoms with Crippen LogP contribution in [0.5, 0.6) is 0 Å². The SMILES string of the molecule is O=C(Nc1nc(-c2cccnc2)cs1)[C@@H]1CNC[C@H]1c1ccccc1. The first-order chi connectivity index (χ1) is 12.3. The number of anilines is 1. The van der Waals surface area contributed by atoms with Crippen LogP contribution in [0.1, 0.15) is 11.5 Å². The average molecular weight is 350 g/mol. The molecule has 0 radical (unpaired) electrons. The third kappa shape index (κ3) is 3.45. The summed E-state index contributed by atoms with van der Waals surface area (Å²) >= 11 is 1.44. The molecule has 5 nitrogen and oxygen atoms in total. The minimum Gasteiger partial charge on any atom is -0.315 e. The van der Waals surface area contributed by atoms with Gasteiger partial charge in [0.2, 0.25) is 5.91 Å². The van der Waals surface area contributed by atoms with E-state index in [1.807, 2.05) is 35.7 Å². The molecular formula is C19H18N4OS. The van der Waals surface area contributed by atoms with Crippen molar-refractivity contribution < 1.29 is 4.79 Å². The zero-order valence-electron chi connectivity index (χ0n) is 13.6. The Morgan fingerprint density at radius 2 is 2.04 bits per heavy atom. The highest BCUT2D eigenvalue weighted by Gasteiger charge is 2.34. The number of nitrogens with zero attached hydrogens (tertiary/aromatic N) is 2. The molecule has 4 rings (SSSR count). The van der Waals surface area contributed by atoms with Gasteiger partial charge in [0.25, 0.3) is 0 Å². The van der Waals surface area contributed by atoms with Gasteiger partial charge in [-0.15, -0.1) is 11.3 Å². The molecule has 0 bridgehead atoms. The van der Waals surface area contributed by atoms with Crippen LogP contribution in [0.15, 0.2) is 60.2 Å². The van der Waals surface area contributed by atoms with Gasteiger partial charge in [0.15, 0.2) is 5.13 Å². The van der Waals surface area contributed by atoms with E-state index in [1.54, 1.807) is 12.4 Å². The van der Waals surface area contributed by atoms with Gasteiger partial charge in [-0.25, -0.2) is 4.98 Å². The van der Waals surface area contributed by atoms with Gasteiger partial charge in [0.1, 0.15) is 0 Å². The van der Waals surface area contributed by atoms with Crippen LogP contribution in [0, 0.1) is 5.92 Å². The number of hydrogen-bond acceptors (Lipinski definition) is 5. The molecule has 0 aliphatic carbocycles. The standard InChI is InChI=1S/C19H18N4OS/c24-18(16-11-21-10-15(16)13-5-2-1-3-6-13)23-19-22-17(12-25-19)14-7-4-8-20-9-14/h1-9,12,15-16,21H,10-11H2,(H,22,23,24)/t15-,16+/m0/s1. The van der Waals surface area contributed by atoms with Gasteiger partial charge in [-0.1, -0.05) is 30.3 Å². The second-order valence-electron chi connectivity index (χ2n) is 6.05. The Hall–Kier alpha value is -2.57. The molecule has 126 valence electrons. The molecule has 0 unspecified atom stereocenters. The van der Waals surface area contributed by atoms with Crippen molar-refractivity contribution in [2.45, 2.75) is 5.92 Å². The summed E-state index contributed by atoms with van der Waals surface area (Å²) in [6.45, 7) is 1.51. The lowest BCUT2D eigenvalue weighted by Crippen LogP contribution is -2.28. The molecule has 6 heteroatoms. The fourth-order valence-corrected chi connectivity index (χ4v) is 3.90. The topological polar surface area (TPSA) is 66.9 Å². The molecule has 25 heavy (non-hydrogen) atoms. The van der Waals surface area contributed by atoms with E-state index < -0.39 is 0 Å². The fourth-order valence-electron chi connectivity index (χ4n) is 3.18. The van der Waals surface area contributed by atoms with E-state index >= 15 is 0 Å². The quantitative estimate of drug-likeness (QED) is 0.759. The molecule has 1 aliphatic heterocycles. The summed E-state index contributed by atoms with van der Waals surface area (Å²) in [7, 11) is 0. The molecule has 1 aromatic carbocycles. The van der Waals surface area contributed by atoms with E-state index in [9.17, 15) is 4.79 Å². The number of amides is 1. The Morgan fingerprint density at radius 1 is 1.16 bits per heavy atom. The van der Waals surface area contributed by atoms with E-state index in [2.05, 4.69) is 32.7 Å². The highest BCUT2D eigenvalue weighted by Crippen LogP contribution is 2.30. The lowest BCUT2D eigenvalue weighted by molar-refractivity contribution is -0.119. The second-order valence-corrected chi connectivity index (χ2v) is 6.91. The van der Waals surface area contributed by atoms with Crippen molar-refractivity contribution in [2.24, 2.45) is 5.92 Å². The molecule has 2 atom stereocenters. The van der Waals surface area contributed by atoms with Gasteiger partial charge in [-0.2, -0.15) is 0 Å². The van der Waals surface area contributed by atoms with Crippen molar-refractivity contribution in [1.29, 1.82) is 0 Å². The van der Waals surface area contributed by atoms with Gasteiger partial charge < -0.3 is 10.6 Å². The summed E-state index contributed by atoms with van der Waals surface area (Å²) < 4.78 is 0.